The van der Waals surface area contributed by atoms with Crippen LogP contribution in [0.2, 0.25) is 0 Å². The van der Waals surface area contributed by atoms with E-state index in [4.69, 9.17) is 9.72 Å². The Labute approximate surface area is 188 Å². The maximum absolute atomic E-state index is 5.63. The number of ether oxygens (including phenoxy) is 1. The first kappa shape index (κ1) is 21.5. The summed E-state index contributed by atoms with van der Waals surface area (Å²) in [5, 5.41) is 6.78. The van der Waals surface area contributed by atoms with E-state index in [1.54, 1.807) is 11.3 Å². The average molecular weight is 512 g/mol. The van der Waals surface area contributed by atoms with Crippen molar-refractivity contribution < 1.29 is 4.74 Å². The first-order valence-corrected chi connectivity index (χ1v) is 10.6. The van der Waals surface area contributed by atoms with Gasteiger partial charge < -0.3 is 15.0 Å². The zero-order valence-corrected chi connectivity index (χ0v) is 19.8. The number of thiazole rings is 1. The van der Waals surface area contributed by atoms with E-state index in [1.165, 1.54) is 24.0 Å². The molecule has 2 fully saturated rings. The molecule has 28 heavy (non-hydrogen) atoms. The Morgan fingerprint density at radius 2 is 2.14 bits per heavy atom. The van der Waals surface area contributed by atoms with Gasteiger partial charge in [-0.25, -0.2) is 4.98 Å². The maximum atomic E-state index is 5.63. The molecule has 1 N–H and O–H groups in total. The number of benzene rings is 1. The normalized spacial score (nSPS) is 21.9. The highest BCUT2D eigenvalue weighted by Gasteiger charge is 2.42. The second kappa shape index (κ2) is 9.54. The molecule has 0 saturated carbocycles. The van der Waals surface area contributed by atoms with Crippen molar-refractivity contribution in [3.8, 4) is 10.6 Å². The molecule has 2 saturated heterocycles. The van der Waals surface area contributed by atoms with E-state index < -0.39 is 0 Å². The second-order valence-corrected chi connectivity index (χ2v) is 8.57. The number of guanidine groups is 1. The third-order valence-corrected chi connectivity index (χ3v) is 6.59. The van der Waals surface area contributed by atoms with Crippen LogP contribution in [0.15, 0.2) is 34.6 Å². The van der Waals surface area contributed by atoms with Gasteiger partial charge in [-0.1, -0.05) is 29.8 Å². The number of halogens is 1. The molecule has 0 amide bonds. The van der Waals surface area contributed by atoms with Crippen LogP contribution in [0.3, 0.4) is 0 Å². The molecule has 1 aromatic heterocycles. The highest BCUT2D eigenvalue weighted by atomic mass is 127. The molecular formula is C21H29IN4OS. The predicted molar refractivity (Wildman–Crippen MR) is 127 cm³/mol. The van der Waals surface area contributed by atoms with Crippen LogP contribution in [0.4, 0.5) is 0 Å². The smallest absolute Gasteiger partial charge is 0.193 e. The highest BCUT2D eigenvalue weighted by molar-refractivity contribution is 14.0. The Balaban J connectivity index is 0.00000225. The van der Waals surface area contributed by atoms with E-state index in [1.807, 2.05) is 7.05 Å². The van der Waals surface area contributed by atoms with Gasteiger partial charge in [0.1, 0.15) is 5.01 Å². The number of nitrogens with zero attached hydrogens (tertiary/aromatic N) is 3. The van der Waals surface area contributed by atoms with Gasteiger partial charge in [-0.3, -0.25) is 4.99 Å². The molecule has 5 nitrogen and oxygen atoms in total. The van der Waals surface area contributed by atoms with E-state index in [0.29, 0.717) is 5.41 Å². The standard InChI is InChI=1S/C21H28N4OS.HI/c1-16-3-5-17(6-4-16)19-24-18(13-27-19)7-10-23-20(22-2)25-11-8-21(14-25)9-12-26-15-21;/h3-6,13H,7-12,14-15H2,1-2H3,(H,22,23);1H. The topological polar surface area (TPSA) is 49.8 Å². The van der Waals surface area contributed by atoms with Crippen molar-refractivity contribution in [2.24, 2.45) is 10.4 Å². The van der Waals surface area contributed by atoms with E-state index in [-0.39, 0.29) is 24.0 Å². The van der Waals surface area contributed by atoms with Crippen molar-refractivity contribution in [3.63, 3.8) is 0 Å². The van der Waals surface area contributed by atoms with Crippen LogP contribution in [0.1, 0.15) is 24.1 Å². The quantitative estimate of drug-likeness (QED) is 0.383. The molecule has 152 valence electrons. The van der Waals surface area contributed by atoms with Gasteiger partial charge in [-0.15, -0.1) is 35.3 Å². The van der Waals surface area contributed by atoms with E-state index in [0.717, 1.165) is 55.9 Å². The van der Waals surface area contributed by atoms with Gasteiger partial charge in [0.2, 0.25) is 0 Å². The third-order valence-electron chi connectivity index (χ3n) is 5.65. The fourth-order valence-corrected chi connectivity index (χ4v) is 4.83. The second-order valence-electron chi connectivity index (χ2n) is 7.71. The summed E-state index contributed by atoms with van der Waals surface area (Å²) >= 11 is 1.72. The first-order chi connectivity index (χ1) is 13.2. The Morgan fingerprint density at radius 3 is 2.86 bits per heavy atom. The fourth-order valence-electron chi connectivity index (χ4n) is 3.97. The van der Waals surface area contributed by atoms with Crippen LogP contribution < -0.4 is 5.32 Å². The monoisotopic (exact) mass is 512 g/mol. The number of aliphatic imine (C=N–C) groups is 1. The summed E-state index contributed by atoms with van der Waals surface area (Å²) in [5.41, 5.74) is 3.97. The molecule has 0 radical (unpaired) electrons. The Bertz CT molecular complexity index is 799. The molecule has 2 aliphatic rings. The van der Waals surface area contributed by atoms with E-state index >= 15 is 0 Å². The summed E-state index contributed by atoms with van der Waals surface area (Å²) in [6, 6.07) is 8.57. The average Bonchev–Trinajstić information content (AvgIpc) is 3.42. The summed E-state index contributed by atoms with van der Waals surface area (Å²) in [4.78, 5) is 11.7. The molecule has 7 heteroatoms. The number of aromatic nitrogens is 1. The first-order valence-electron chi connectivity index (χ1n) is 9.72. The number of likely N-dealkylation sites (tertiary alicyclic amines) is 1. The van der Waals surface area contributed by atoms with Crippen LogP contribution in [0.25, 0.3) is 10.6 Å². The lowest BCUT2D eigenvalue weighted by atomic mass is 9.87. The van der Waals surface area contributed by atoms with Crippen molar-refractivity contribution in [2.45, 2.75) is 26.2 Å². The van der Waals surface area contributed by atoms with Gasteiger partial charge in [0.05, 0.1) is 12.3 Å². The number of aryl methyl sites for hydroxylation is 1. The Kier molecular flexibility index (Phi) is 7.33. The number of hydrogen-bond acceptors (Lipinski definition) is 4. The van der Waals surface area contributed by atoms with Gasteiger partial charge in [0, 0.05) is 56.1 Å². The van der Waals surface area contributed by atoms with Crippen molar-refractivity contribution >= 4 is 41.3 Å². The molecule has 2 aliphatic heterocycles. The lowest BCUT2D eigenvalue weighted by Gasteiger charge is -2.24. The third kappa shape index (κ3) is 4.86. The lowest BCUT2D eigenvalue weighted by Crippen LogP contribution is -2.42. The molecular weight excluding hydrogens is 483 g/mol. The molecule has 1 unspecified atom stereocenters. The van der Waals surface area contributed by atoms with Crippen LogP contribution >= 0.6 is 35.3 Å². The maximum Gasteiger partial charge on any atom is 0.193 e. The van der Waals surface area contributed by atoms with Crippen LogP contribution in [-0.2, 0) is 11.2 Å². The highest BCUT2D eigenvalue weighted by Crippen LogP contribution is 2.38. The van der Waals surface area contributed by atoms with Crippen molar-refractivity contribution in [1.29, 1.82) is 0 Å². The lowest BCUT2D eigenvalue weighted by molar-refractivity contribution is 0.156. The molecule has 2 aromatic rings. The van der Waals surface area contributed by atoms with Gasteiger partial charge >= 0.3 is 0 Å². The molecule has 4 rings (SSSR count). The fraction of sp³-hybridized carbons (Fsp3) is 0.524. The summed E-state index contributed by atoms with van der Waals surface area (Å²) in [6.45, 7) is 6.90. The summed E-state index contributed by atoms with van der Waals surface area (Å²) in [6.07, 6.45) is 3.30. The number of hydrogen-bond donors (Lipinski definition) is 1. The van der Waals surface area contributed by atoms with Crippen molar-refractivity contribution in [2.75, 3.05) is 39.9 Å². The predicted octanol–water partition coefficient (Wildman–Crippen LogP) is 3.97. The van der Waals surface area contributed by atoms with Gasteiger partial charge in [0.25, 0.3) is 0 Å². The molecule has 1 aromatic carbocycles. The molecule has 3 heterocycles. The van der Waals surface area contributed by atoms with Crippen molar-refractivity contribution in [3.05, 3.63) is 40.9 Å². The summed E-state index contributed by atoms with van der Waals surface area (Å²) in [7, 11) is 1.87. The van der Waals surface area contributed by atoms with Gasteiger partial charge in [-0.2, -0.15) is 0 Å². The van der Waals surface area contributed by atoms with E-state index in [2.05, 4.69) is 51.8 Å². The van der Waals surface area contributed by atoms with Crippen LogP contribution in [-0.4, -0.2) is 55.7 Å². The van der Waals surface area contributed by atoms with Crippen LogP contribution in [0.5, 0.6) is 0 Å². The van der Waals surface area contributed by atoms with Crippen molar-refractivity contribution in [1.82, 2.24) is 15.2 Å². The number of rotatable bonds is 4. The molecule has 1 spiro atoms. The minimum atomic E-state index is 0. The molecule has 1 atom stereocenters. The summed E-state index contributed by atoms with van der Waals surface area (Å²) in [5.74, 6) is 1.01. The minimum Gasteiger partial charge on any atom is -0.381 e. The van der Waals surface area contributed by atoms with Gasteiger partial charge in [0.15, 0.2) is 5.96 Å². The minimum absolute atomic E-state index is 0. The van der Waals surface area contributed by atoms with E-state index in [9.17, 15) is 0 Å². The van der Waals surface area contributed by atoms with Crippen LogP contribution in [0, 0.1) is 12.3 Å². The Hall–Kier alpha value is -1.19. The SMILES string of the molecule is CN=C(NCCc1csc(-c2ccc(C)cc2)n1)N1CCC2(CCOC2)C1.I. The Morgan fingerprint density at radius 1 is 1.32 bits per heavy atom. The molecule has 0 aliphatic carbocycles. The summed E-state index contributed by atoms with van der Waals surface area (Å²) < 4.78 is 5.63. The zero-order valence-electron chi connectivity index (χ0n) is 16.6. The van der Waals surface area contributed by atoms with Gasteiger partial charge in [-0.05, 0) is 19.8 Å². The molecule has 0 bridgehead atoms. The zero-order chi connectivity index (χ0) is 18.7. The number of nitrogens with one attached hydrogen (secondary N) is 1. The largest absolute Gasteiger partial charge is 0.381 e.